The number of hydrogen-bond acceptors (Lipinski definition) is 7. The Labute approximate surface area is 180 Å². The van der Waals surface area contributed by atoms with Gasteiger partial charge in [-0.25, -0.2) is 19.0 Å². The van der Waals surface area contributed by atoms with Crippen molar-refractivity contribution in [2.24, 2.45) is 18.9 Å². The van der Waals surface area contributed by atoms with E-state index in [9.17, 15) is 4.39 Å². The minimum atomic E-state index is -0.335. The minimum Gasteiger partial charge on any atom is -0.424 e. The van der Waals surface area contributed by atoms with Crippen LogP contribution in [0.25, 0.3) is 0 Å². The molecule has 1 aliphatic carbocycles. The number of aryl methyl sites for hydroxylation is 3. The first-order valence-electron chi connectivity index (χ1n) is 10.6. The second kappa shape index (κ2) is 7.79. The van der Waals surface area contributed by atoms with Crippen molar-refractivity contribution in [2.45, 2.75) is 32.7 Å². The van der Waals surface area contributed by atoms with Gasteiger partial charge in [-0.3, -0.25) is 0 Å². The van der Waals surface area contributed by atoms with Gasteiger partial charge in [-0.05, 0) is 56.2 Å². The predicted molar refractivity (Wildman–Crippen MR) is 115 cm³/mol. The molecule has 9 heteroatoms. The number of benzene rings is 1. The van der Waals surface area contributed by atoms with Crippen LogP contribution < -0.4 is 15.0 Å². The molecule has 162 valence electrons. The number of hydrogen-bond donors (Lipinski definition) is 1. The van der Waals surface area contributed by atoms with E-state index in [1.54, 1.807) is 24.1 Å². The molecule has 8 nitrogen and oxygen atoms in total. The molecule has 3 aromatic rings. The summed E-state index contributed by atoms with van der Waals surface area (Å²) in [4.78, 5) is 15.5. The SMILES string of the molecule is Cc1cc(F)cc(Oc2nc(N[C@@H]3[C@@H]4CC[C@H]3CN(c3cc(C)ncn3)C4)nn2C)c1. The van der Waals surface area contributed by atoms with Crippen LogP contribution in [0.3, 0.4) is 0 Å². The number of nitrogens with zero attached hydrogens (tertiary/aromatic N) is 6. The number of fused-ring (bicyclic) bond motifs is 2. The third kappa shape index (κ3) is 4.04. The summed E-state index contributed by atoms with van der Waals surface area (Å²) in [7, 11) is 1.77. The molecule has 3 heterocycles. The number of aromatic nitrogens is 5. The largest absolute Gasteiger partial charge is 0.424 e. The summed E-state index contributed by atoms with van der Waals surface area (Å²) in [6.07, 6.45) is 3.97. The predicted octanol–water partition coefficient (Wildman–Crippen LogP) is 3.48. The maximum Gasteiger partial charge on any atom is 0.321 e. The Balaban J connectivity index is 1.28. The average Bonchev–Trinajstić information content (AvgIpc) is 3.15. The van der Waals surface area contributed by atoms with Crippen molar-refractivity contribution >= 4 is 11.8 Å². The summed E-state index contributed by atoms with van der Waals surface area (Å²) in [6, 6.07) is 7.27. The Hall–Kier alpha value is -3.23. The van der Waals surface area contributed by atoms with Crippen LogP contribution in [0.2, 0.25) is 0 Å². The van der Waals surface area contributed by atoms with Gasteiger partial charge < -0.3 is 15.0 Å². The highest BCUT2D eigenvalue weighted by Gasteiger charge is 2.43. The van der Waals surface area contributed by atoms with Crippen LogP contribution in [0.1, 0.15) is 24.1 Å². The molecular formula is C22H26FN7O. The lowest BCUT2D eigenvalue weighted by Gasteiger charge is -2.38. The van der Waals surface area contributed by atoms with Gasteiger partial charge in [0.15, 0.2) is 0 Å². The third-order valence-corrected chi connectivity index (χ3v) is 6.19. The molecule has 0 radical (unpaired) electrons. The molecule has 0 unspecified atom stereocenters. The van der Waals surface area contributed by atoms with Gasteiger partial charge in [0.05, 0.1) is 0 Å². The molecule has 2 aliphatic rings. The summed E-state index contributed by atoms with van der Waals surface area (Å²) in [5.41, 5.74) is 1.77. The van der Waals surface area contributed by atoms with E-state index in [-0.39, 0.29) is 5.82 Å². The molecule has 1 aromatic carbocycles. The van der Waals surface area contributed by atoms with Gasteiger partial charge in [-0.1, -0.05) is 0 Å². The zero-order valence-corrected chi connectivity index (χ0v) is 17.9. The lowest BCUT2D eigenvalue weighted by atomic mass is 9.92. The highest BCUT2D eigenvalue weighted by molar-refractivity contribution is 5.42. The first-order valence-corrected chi connectivity index (χ1v) is 10.6. The molecule has 3 atom stereocenters. The number of halogens is 1. The van der Waals surface area contributed by atoms with Gasteiger partial charge in [-0.15, -0.1) is 5.10 Å². The fraction of sp³-hybridized carbons (Fsp3) is 0.455. The summed E-state index contributed by atoms with van der Waals surface area (Å²) >= 11 is 0. The van der Waals surface area contributed by atoms with Crippen LogP contribution in [0.15, 0.2) is 30.6 Å². The Morgan fingerprint density at radius 3 is 2.55 bits per heavy atom. The van der Waals surface area contributed by atoms with Crippen LogP contribution in [0, 0.1) is 31.5 Å². The van der Waals surface area contributed by atoms with Crippen molar-refractivity contribution in [3.05, 3.63) is 47.7 Å². The van der Waals surface area contributed by atoms with Gasteiger partial charge in [0.25, 0.3) is 0 Å². The Morgan fingerprint density at radius 1 is 1.06 bits per heavy atom. The topological polar surface area (TPSA) is 81.0 Å². The zero-order valence-electron chi connectivity index (χ0n) is 17.9. The molecule has 1 saturated heterocycles. The number of piperidine rings is 1. The van der Waals surface area contributed by atoms with Crippen LogP contribution >= 0.6 is 0 Å². The maximum absolute atomic E-state index is 13.7. The van der Waals surface area contributed by atoms with Crippen LogP contribution in [0.5, 0.6) is 11.8 Å². The van der Waals surface area contributed by atoms with Crippen molar-refractivity contribution in [3.8, 4) is 11.8 Å². The number of nitrogens with one attached hydrogen (secondary N) is 1. The fourth-order valence-electron chi connectivity index (χ4n) is 4.80. The number of anilines is 2. The summed E-state index contributed by atoms with van der Waals surface area (Å²) in [6.45, 7) is 5.71. The normalized spacial score (nSPS) is 22.6. The first-order chi connectivity index (χ1) is 14.9. The summed E-state index contributed by atoms with van der Waals surface area (Å²) in [5.74, 6) is 2.60. The van der Waals surface area contributed by atoms with E-state index >= 15 is 0 Å². The van der Waals surface area contributed by atoms with E-state index < -0.39 is 0 Å². The van der Waals surface area contributed by atoms with Crippen molar-refractivity contribution in [1.29, 1.82) is 0 Å². The maximum atomic E-state index is 13.7. The van der Waals surface area contributed by atoms with Crippen molar-refractivity contribution in [2.75, 3.05) is 23.3 Å². The molecule has 5 rings (SSSR count). The highest BCUT2D eigenvalue weighted by Crippen LogP contribution is 2.39. The minimum absolute atomic E-state index is 0.311. The zero-order chi connectivity index (χ0) is 21.5. The van der Waals surface area contributed by atoms with Gasteiger partial charge in [0, 0.05) is 44.0 Å². The lowest BCUT2D eigenvalue weighted by Crippen LogP contribution is -2.48. The lowest BCUT2D eigenvalue weighted by molar-refractivity contribution is 0.374. The molecule has 0 amide bonds. The van der Waals surface area contributed by atoms with E-state index in [1.165, 1.54) is 25.0 Å². The van der Waals surface area contributed by atoms with Crippen LogP contribution in [0.4, 0.5) is 16.2 Å². The Kier molecular flexibility index (Phi) is 4.95. The molecule has 0 spiro atoms. The highest BCUT2D eigenvalue weighted by atomic mass is 19.1. The number of rotatable bonds is 5. The second-order valence-electron chi connectivity index (χ2n) is 8.60. The summed E-state index contributed by atoms with van der Waals surface area (Å²) in [5, 5.41) is 8.01. The number of ether oxygens (including phenoxy) is 1. The Bertz CT molecular complexity index is 1070. The molecule has 1 aliphatic heterocycles. The first kappa shape index (κ1) is 19.7. The van der Waals surface area contributed by atoms with E-state index in [2.05, 4.69) is 30.3 Å². The quantitative estimate of drug-likeness (QED) is 0.673. The molecule has 1 N–H and O–H groups in total. The Morgan fingerprint density at radius 2 is 1.84 bits per heavy atom. The van der Waals surface area contributed by atoms with Crippen molar-refractivity contribution < 1.29 is 9.13 Å². The van der Waals surface area contributed by atoms with Gasteiger partial charge in [0.2, 0.25) is 5.95 Å². The van der Waals surface area contributed by atoms with E-state index in [0.717, 1.165) is 30.2 Å². The van der Waals surface area contributed by atoms with Crippen LogP contribution in [-0.2, 0) is 7.05 Å². The van der Waals surface area contributed by atoms with Crippen molar-refractivity contribution in [3.63, 3.8) is 0 Å². The monoisotopic (exact) mass is 423 g/mol. The summed E-state index contributed by atoms with van der Waals surface area (Å²) < 4.78 is 21.0. The van der Waals surface area contributed by atoms with Gasteiger partial charge in [-0.2, -0.15) is 4.98 Å². The molecule has 2 aromatic heterocycles. The molecule has 1 saturated carbocycles. The molecule has 2 bridgehead atoms. The van der Waals surface area contributed by atoms with Crippen molar-refractivity contribution in [1.82, 2.24) is 24.7 Å². The smallest absolute Gasteiger partial charge is 0.321 e. The van der Waals surface area contributed by atoms with Gasteiger partial charge in [0.1, 0.15) is 23.7 Å². The van der Waals surface area contributed by atoms with E-state index in [1.807, 2.05) is 19.9 Å². The van der Waals surface area contributed by atoms with Crippen LogP contribution in [-0.4, -0.2) is 43.9 Å². The van der Waals surface area contributed by atoms with E-state index in [4.69, 9.17) is 4.74 Å². The third-order valence-electron chi connectivity index (χ3n) is 6.19. The molecule has 2 fully saturated rings. The average molecular weight is 423 g/mol. The standard InChI is InChI=1S/C22H26FN7O/c1-13-6-17(23)9-18(7-13)31-22-27-21(28-29(22)3)26-20-15-4-5-16(20)11-30(10-15)19-8-14(2)24-12-25-19/h6-9,12,15-16,20H,4-5,10-11H2,1-3H3,(H,26,28)/t15-,16+,20-. The fourth-order valence-corrected chi connectivity index (χ4v) is 4.80. The van der Waals surface area contributed by atoms with E-state index in [0.29, 0.717) is 35.6 Å². The van der Waals surface area contributed by atoms with Gasteiger partial charge >= 0.3 is 6.01 Å². The second-order valence-corrected chi connectivity index (χ2v) is 8.60. The molecular weight excluding hydrogens is 397 g/mol. The molecule has 31 heavy (non-hydrogen) atoms.